The number of benzene rings is 1. The van der Waals surface area contributed by atoms with Crippen LogP contribution in [0.1, 0.15) is 38.2 Å². The van der Waals surface area contributed by atoms with Gasteiger partial charge in [-0.05, 0) is 42.4 Å². The topological polar surface area (TPSA) is 59.6 Å². The van der Waals surface area contributed by atoms with E-state index in [2.05, 4.69) is 36.6 Å². The monoisotopic (exact) mass is 320 g/mol. The lowest BCUT2D eigenvalue weighted by Gasteiger charge is -2.10. The molecule has 0 spiro atoms. The number of amides is 2. The molecule has 0 bridgehead atoms. The molecular weight excluding hydrogens is 292 g/mol. The number of hydrogen-bond acceptors (Lipinski definition) is 3. The van der Waals surface area contributed by atoms with Crippen LogP contribution >= 0.6 is 0 Å². The van der Waals surface area contributed by atoms with Crippen molar-refractivity contribution in [2.45, 2.75) is 32.6 Å². The number of carbonyl (C=O) groups is 1. The molecule has 0 saturated heterocycles. The third-order valence-electron chi connectivity index (χ3n) is 3.79. The molecule has 0 heterocycles. The predicted octanol–water partition coefficient (Wildman–Crippen LogP) is 2.91. The maximum absolute atomic E-state index is 11.6. The first-order chi connectivity index (χ1) is 11.1. The molecule has 1 aliphatic rings. The molecule has 23 heavy (non-hydrogen) atoms. The lowest BCUT2D eigenvalue weighted by molar-refractivity contribution is 0.127. The standard InChI is InChI=1S/C18H28N2O3/c1-14(2)16-5-7-17(8-6-16)23-12-10-20-18(21)19-9-11-22-13-15-3-4-15/h5-8,14-15H,3-4,9-13H2,1-2H3,(H2,19,20,21). The highest BCUT2D eigenvalue weighted by Crippen LogP contribution is 2.28. The Morgan fingerprint density at radius 3 is 2.39 bits per heavy atom. The highest BCUT2D eigenvalue weighted by molar-refractivity contribution is 5.73. The van der Waals surface area contributed by atoms with E-state index in [1.165, 1.54) is 18.4 Å². The maximum atomic E-state index is 11.6. The van der Waals surface area contributed by atoms with Crippen molar-refractivity contribution in [3.8, 4) is 5.75 Å². The minimum atomic E-state index is -0.182. The minimum Gasteiger partial charge on any atom is -0.492 e. The molecule has 5 heteroatoms. The molecule has 0 unspecified atom stereocenters. The number of rotatable bonds is 10. The highest BCUT2D eigenvalue weighted by Gasteiger charge is 2.20. The smallest absolute Gasteiger partial charge is 0.314 e. The molecule has 0 radical (unpaired) electrons. The summed E-state index contributed by atoms with van der Waals surface area (Å²) in [5.41, 5.74) is 1.29. The van der Waals surface area contributed by atoms with Crippen LogP contribution in [0.2, 0.25) is 0 Å². The molecule has 0 aliphatic heterocycles. The van der Waals surface area contributed by atoms with Gasteiger partial charge in [0.1, 0.15) is 12.4 Å². The van der Waals surface area contributed by atoms with Crippen LogP contribution in [0.4, 0.5) is 4.79 Å². The first-order valence-electron chi connectivity index (χ1n) is 8.47. The average molecular weight is 320 g/mol. The molecule has 2 rings (SSSR count). The Labute approximate surface area is 138 Å². The molecule has 1 fully saturated rings. The summed E-state index contributed by atoms with van der Waals surface area (Å²) >= 11 is 0. The zero-order chi connectivity index (χ0) is 16.5. The molecule has 1 aromatic rings. The summed E-state index contributed by atoms with van der Waals surface area (Å²) in [4.78, 5) is 11.6. The summed E-state index contributed by atoms with van der Waals surface area (Å²) in [5.74, 6) is 2.10. The number of ether oxygens (including phenoxy) is 2. The van der Waals surface area contributed by atoms with Gasteiger partial charge in [0, 0.05) is 13.2 Å². The molecule has 1 saturated carbocycles. The van der Waals surface area contributed by atoms with Crippen molar-refractivity contribution in [2.24, 2.45) is 5.92 Å². The minimum absolute atomic E-state index is 0.182. The average Bonchev–Trinajstić information content (AvgIpc) is 3.36. The van der Waals surface area contributed by atoms with Gasteiger partial charge >= 0.3 is 6.03 Å². The van der Waals surface area contributed by atoms with Crippen LogP contribution in [0, 0.1) is 5.92 Å². The Balaban J connectivity index is 1.47. The molecule has 0 aromatic heterocycles. The van der Waals surface area contributed by atoms with E-state index in [9.17, 15) is 4.79 Å². The summed E-state index contributed by atoms with van der Waals surface area (Å²) in [6.45, 7) is 7.18. The van der Waals surface area contributed by atoms with Gasteiger partial charge in [0.15, 0.2) is 0 Å². The Morgan fingerprint density at radius 1 is 1.13 bits per heavy atom. The highest BCUT2D eigenvalue weighted by atomic mass is 16.5. The van der Waals surface area contributed by atoms with Gasteiger partial charge in [0.2, 0.25) is 0 Å². The molecule has 2 N–H and O–H groups in total. The zero-order valence-electron chi connectivity index (χ0n) is 14.1. The third kappa shape index (κ3) is 7.37. The quantitative estimate of drug-likeness (QED) is 0.652. The van der Waals surface area contributed by atoms with E-state index in [0.29, 0.717) is 32.2 Å². The van der Waals surface area contributed by atoms with Crippen LogP contribution in [0.15, 0.2) is 24.3 Å². The number of nitrogens with one attached hydrogen (secondary N) is 2. The van der Waals surface area contributed by atoms with Crippen molar-refractivity contribution in [2.75, 3.05) is 32.9 Å². The van der Waals surface area contributed by atoms with E-state index in [-0.39, 0.29) is 6.03 Å². The molecule has 0 atom stereocenters. The largest absolute Gasteiger partial charge is 0.492 e. The lowest BCUT2D eigenvalue weighted by Crippen LogP contribution is -2.39. The van der Waals surface area contributed by atoms with Gasteiger partial charge in [-0.2, -0.15) is 0 Å². The van der Waals surface area contributed by atoms with Crippen LogP contribution in [0.5, 0.6) is 5.75 Å². The Hall–Kier alpha value is -1.75. The van der Waals surface area contributed by atoms with E-state index in [1.807, 2.05) is 12.1 Å². The van der Waals surface area contributed by atoms with E-state index in [1.54, 1.807) is 0 Å². The lowest BCUT2D eigenvalue weighted by atomic mass is 10.0. The summed E-state index contributed by atoms with van der Waals surface area (Å²) in [5, 5.41) is 5.53. The fraction of sp³-hybridized carbons (Fsp3) is 0.611. The molecule has 1 aliphatic carbocycles. The van der Waals surface area contributed by atoms with Crippen molar-refractivity contribution in [3.05, 3.63) is 29.8 Å². The van der Waals surface area contributed by atoms with Crippen LogP contribution < -0.4 is 15.4 Å². The van der Waals surface area contributed by atoms with Crippen molar-refractivity contribution >= 4 is 6.03 Å². The summed E-state index contributed by atoms with van der Waals surface area (Å²) in [6, 6.07) is 7.89. The van der Waals surface area contributed by atoms with Gasteiger partial charge in [-0.1, -0.05) is 26.0 Å². The van der Waals surface area contributed by atoms with Gasteiger partial charge in [0.25, 0.3) is 0 Å². The normalized spacial score (nSPS) is 13.9. The SMILES string of the molecule is CC(C)c1ccc(OCCNC(=O)NCCOCC2CC2)cc1. The second-order valence-corrected chi connectivity index (χ2v) is 6.27. The van der Waals surface area contributed by atoms with Crippen LogP contribution in [-0.2, 0) is 4.74 Å². The van der Waals surface area contributed by atoms with E-state index in [0.717, 1.165) is 18.3 Å². The van der Waals surface area contributed by atoms with Crippen molar-refractivity contribution in [1.82, 2.24) is 10.6 Å². The van der Waals surface area contributed by atoms with Crippen molar-refractivity contribution < 1.29 is 14.3 Å². The fourth-order valence-electron chi connectivity index (χ4n) is 2.12. The summed E-state index contributed by atoms with van der Waals surface area (Å²) in [7, 11) is 0. The Bertz CT molecular complexity index is 470. The number of hydrogen-bond donors (Lipinski definition) is 2. The van der Waals surface area contributed by atoms with Crippen LogP contribution in [0.3, 0.4) is 0 Å². The van der Waals surface area contributed by atoms with Gasteiger partial charge in [-0.25, -0.2) is 4.79 Å². The number of carbonyl (C=O) groups excluding carboxylic acids is 1. The predicted molar refractivity (Wildman–Crippen MR) is 91.0 cm³/mol. The fourth-order valence-corrected chi connectivity index (χ4v) is 2.12. The van der Waals surface area contributed by atoms with Crippen molar-refractivity contribution in [1.29, 1.82) is 0 Å². The summed E-state index contributed by atoms with van der Waals surface area (Å²) < 4.78 is 11.1. The first-order valence-corrected chi connectivity index (χ1v) is 8.47. The van der Waals surface area contributed by atoms with E-state index < -0.39 is 0 Å². The summed E-state index contributed by atoms with van der Waals surface area (Å²) in [6.07, 6.45) is 2.57. The van der Waals surface area contributed by atoms with Crippen molar-refractivity contribution in [3.63, 3.8) is 0 Å². The Morgan fingerprint density at radius 2 is 1.78 bits per heavy atom. The van der Waals surface area contributed by atoms with Crippen LogP contribution in [0.25, 0.3) is 0 Å². The number of urea groups is 1. The maximum Gasteiger partial charge on any atom is 0.314 e. The molecule has 128 valence electrons. The third-order valence-corrected chi connectivity index (χ3v) is 3.79. The molecule has 1 aromatic carbocycles. The molecule has 5 nitrogen and oxygen atoms in total. The van der Waals surface area contributed by atoms with E-state index in [4.69, 9.17) is 9.47 Å². The van der Waals surface area contributed by atoms with Gasteiger partial charge in [-0.3, -0.25) is 0 Å². The first kappa shape index (κ1) is 17.6. The van der Waals surface area contributed by atoms with Crippen LogP contribution in [-0.4, -0.2) is 38.9 Å². The Kier molecular flexibility index (Phi) is 7.20. The molecular formula is C18H28N2O3. The van der Waals surface area contributed by atoms with Gasteiger partial charge < -0.3 is 20.1 Å². The van der Waals surface area contributed by atoms with E-state index >= 15 is 0 Å². The zero-order valence-corrected chi connectivity index (χ0v) is 14.1. The molecule has 2 amide bonds. The van der Waals surface area contributed by atoms with Gasteiger partial charge in [-0.15, -0.1) is 0 Å². The second-order valence-electron chi connectivity index (χ2n) is 6.27. The second kappa shape index (κ2) is 9.40. The van der Waals surface area contributed by atoms with Gasteiger partial charge in [0.05, 0.1) is 13.2 Å².